The maximum Gasteiger partial charge on any atom is 0.254 e. The van der Waals surface area contributed by atoms with E-state index in [2.05, 4.69) is 0 Å². The molecule has 2 aromatic carbocycles. The zero-order valence-corrected chi connectivity index (χ0v) is 19.0. The Balaban J connectivity index is 1.34. The average Bonchev–Trinajstić information content (AvgIpc) is 3.56. The molecule has 0 bridgehead atoms. The molecule has 2 amide bonds. The Morgan fingerprint density at radius 3 is 2.67 bits per heavy atom. The zero-order chi connectivity index (χ0) is 22.8. The highest BCUT2D eigenvalue weighted by Gasteiger charge is 2.38. The largest absolute Gasteiger partial charge is 0.491 e. The van der Waals surface area contributed by atoms with E-state index in [0.29, 0.717) is 17.9 Å². The number of halogens is 1. The van der Waals surface area contributed by atoms with Gasteiger partial charge in [0, 0.05) is 29.1 Å². The van der Waals surface area contributed by atoms with Gasteiger partial charge in [-0.1, -0.05) is 24.3 Å². The molecular formula is C26H25FN2O3S. The van der Waals surface area contributed by atoms with Gasteiger partial charge < -0.3 is 14.5 Å². The first-order valence-electron chi connectivity index (χ1n) is 11.2. The lowest BCUT2D eigenvalue weighted by Gasteiger charge is -2.37. The number of rotatable bonds is 7. The lowest BCUT2D eigenvalue weighted by molar-refractivity contribution is -0.135. The van der Waals surface area contributed by atoms with E-state index in [0.717, 1.165) is 24.8 Å². The van der Waals surface area contributed by atoms with E-state index >= 15 is 0 Å². The second-order valence-electron chi connectivity index (χ2n) is 8.45. The van der Waals surface area contributed by atoms with Crippen LogP contribution in [0.5, 0.6) is 5.75 Å². The summed E-state index contributed by atoms with van der Waals surface area (Å²) in [5.74, 6) is -0.119. The topological polar surface area (TPSA) is 49.9 Å². The van der Waals surface area contributed by atoms with E-state index in [-0.39, 0.29) is 42.9 Å². The van der Waals surface area contributed by atoms with E-state index in [1.807, 2.05) is 34.5 Å². The molecule has 33 heavy (non-hydrogen) atoms. The quantitative estimate of drug-likeness (QED) is 0.510. The fraction of sp³-hybridized carbons (Fsp3) is 0.308. The average molecular weight is 465 g/mol. The maximum absolute atomic E-state index is 13.6. The number of hydrogen-bond acceptors (Lipinski definition) is 4. The Kier molecular flexibility index (Phi) is 6.13. The molecule has 2 aliphatic rings. The van der Waals surface area contributed by atoms with Crippen LogP contribution in [0.25, 0.3) is 0 Å². The minimum atomic E-state index is -0.361. The zero-order valence-electron chi connectivity index (χ0n) is 18.2. The van der Waals surface area contributed by atoms with Crippen LogP contribution in [0.15, 0.2) is 66.0 Å². The van der Waals surface area contributed by atoms with E-state index in [1.54, 1.807) is 40.5 Å². The second kappa shape index (κ2) is 9.35. The molecule has 5 rings (SSSR count). The van der Waals surface area contributed by atoms with Crippen LogP contribution in [0.2, 0.25) is 0 Å². The minimum absolute atomic E-state index is 0.0499. The van der Waals surface area contributed by atoms with Crippen molar-refractivity contribution in [2.24, 2.45) is 0 Å². The summed E-state index contributed by atoms with van der Waals surface area (Å²) in [5.41, 5.74) is 1.67. The monoisotopic (exact) mass is 464 g/mol. The van der Waals surface area contributed by atoms with Gasteiger partial charge in [-0.25, -0.2) is 4.39 Å². The van der Waals surface area contributed by atoms with Gasteiger partial charge >= 0.3 is 0 Å². The van der Waals surface area contributed by atoms with Crippen molar-refractivity contribution in [2.75, 3.05) is 19.7 Å². The summed E-state index contributed by atoms with van der Waals surface area (Å²) < 4.78 is 19.5. The molecule has 1 saturated carbocycles. The van der Waals surface area contributed by atoms with Crippen LogP contribution >= 0.6 is 11.3 Å². The van der Waals surface area contributed by atoms with Crippen molar-refractivity contribution in [3.8, 4) is 5.75 Å². The number of hydrogen-bond donors (Lipinski definition) is 0. The Labute approximate surface area is 196 Å². The van der Waals surface area contributed by atoms with Crippen LogP contribution in [0, 0.1) is 5.82 Å². The SMILES string of the molecule is O=C(c1ccccc1)N(CC(=O)N1CCc2sccc2[C@H]1COc1cccc(F)c1)C1CC1. The van der Waals surface area contributed by atoms with Crippen LogP contribution in [0.1, 0.15) is 39.7 Å². The van der Waals surface area contributed by atoms with Crippen LogP contribution in [0.4, 0.5) is 4.39 Å². The van der Waals surface area contributed by atoms with Crippen LogP contribution < -0.4 is 4.74 Å². The Morgan fingerprint density at radius 2 is 1.91 bits per heavy atom. The van der Waals surface area contributed by atoms with Gasteiger partial charge in [0.05, 0.1) is 6.04 Å². The first-order chi connectivity index (χ1) is 16.1. The smallest absolute Gasteiger partial charge is 0.254 e. The first kappa shape index (κ1) is 21.6. The molecule has 0 saturated heterocycles. The maximum atomic E-state index is 13.6. The van der Waals surface area contributed by atoms with Crippen molar-refractivity contribution in [1.29, 1.82) is 0 Å². The lowest BCUT2D eigenvalue weighted by Crippen LogP contribution is -2.48. The predicted octanol–water partition coefficient (Wildman–Crippen LogP) is 4.70. The van der Waals surface area contributed by atoms with E-state index in [4.69, 9.17) is 4.74 Å². The van der Waals surface area contributed by atoms with Gasteiger partial charge in [-0.05, 0) is 60.5 Å². The van der Waals surface area contributed by atoms with Crippen LogP contribution in [0.3, 0.4) is 0 Å². The number of benzene rings is 2. The summed E-state index contributed by atoms with van der Waals surface area (Å²) in [4.78, 5) is 31.4. The number of fused-ring (bicyclic) bond motifs is 1. The summed E-state index contributed by atoms with van der Waals surface area (Å²) in [7, 11) is 0. The third-order valence-electron chi connectivity index (χ3n) is 6.19. The van der Waals surface area contributed by atoms with E-state index in [1.165, 1.54) is 17.0 Å². The number of amides is 2. The molecule has 1 fully saturated rings. The summed E-state index contributed by atoms with van der Waals surface area (Å²) in [5, 5.41) is 2.03. The molecule has 170 valence electrons. The highest BCUT2D eigenvalue weighted by atomic mass is 32.1. The number of thiophene rings is 1. The molecule has 3 aromatic rings. The fourth-order valence-electron chi connectivity index (χ4n) is 4.34. The minimum Gasteiger partial charge on any atom is -0.491 e. The molecule has 2 heterocycles. The molecule has 0 N–H and O–H groups in total. The van der Waals surface area contributed by atoms with Crippen molar-refractivity contribution in [3.05, 3.63) is 87.9 Å². The molecule has 0 radical (unpaired) electrons. The summed E-state index contributed by atoms with van der Waals surface area (Å²) in [6, 6.07) is 17.0. The molecule has 1 aliphatic carbocycles. The molecule has 0 spiro atoms. The van der Waals surface area contributed by atoms with Crippen molar-refractivity contribution in [3.63, 3.8) is 0 Å². The third kappa shape index (κ3) is 4.78. The van der Waals surface area contributed by atoms with Gasteiger partial charge in [-0.3, -0.25) is 9.59 Å². The van der Waals surface area contributed by atoms with Gasteiger partial charge in [0.15, 0.2) is 0 Å². The molecule has 1 aliphatic heterocycles. The van der Waals surface area contributed by atoms with Gasteiger partial charge in [-0.2, -0.15) is 0 Å². The Bertz CT molecular complexity index is 1150. The van der Waals surface area contributed by atoms with Gasteiger partial charge in [0.2, 0.25) is 5.91 Å². The van der Waals surface area contributed by atoms with Crippen LogP contribution in [-0.2, 0) is 11.2 Å². The summed E-state index contributed by atoms with van der Waals surface area (Å²) in [6.45, 7) is 0.852. The Hall–Kier alpha value is -3.19. The number of carbonyl (C=O) groups excluding carboxylic acids is 2. The molecule has 0 unspecified atom stereocenters. The number of nitrogens with zero attached hydrogens (tertiary/aromatic N) is 2. The van der Waals surface area contributed by atoms with E-state index < -0.39 is 0 Å². The first-order valence-corrected chi connectivity index (χ1v) is 12.1. The van der Waals surface area contributed by atoms with Crippen LogP contribution in [-0.4, -0.2) is 47.4 Å². The highest BCUT2D eigenvalue weighted by molar-refractivity contribution is 7.10. The number of ether oxygens (including phenoxy) is 1. The molecule has 1 atom stereocenters. The molecule has 5 nitrogen and oxygen atoms in total. The summed E-state index contributed by atoms with van der Waals surface area (Å²) in [6.07, 6.45) is 2.63. The van der Waals surface area contributed by atoms with Crippen molar-refractivity contribution in [1.82, 2.24) is 9.80 Å². The molecular weight excluding hydrogens is 439 g/mol. The van der Waals surface area contributed by atoms with E-state index in [9.17, 15) is 14.0 Å². The van der Waals surface area contributed by atoms with Gasteiger partial charge in [0.1, 0.15) is 24.7 Å². The fourth-order valence-corrected chi connectivity index (χ4v) is 5.27. The normalized spacial score (nSPS) is 17.4. The standard InChI is InChI=1S/C26H25FN2O3S/c27-19-7-4-8-21(15-19)32-17-23-22-12-14-33-24(22)11-13-28(23)25(30)16-29(20-9-10-20)26(31)18-5-2-1-3-6-18/h1-8,12,14-15,20,23H,9-11,13,16-17H2/t23-/m1/s1. The summed E-state index contributed by atoms with van der Waals surface area (Å²) >= 11 is 1.68. The predicted molar refractivity (Wildman–Crippen MR) is 125 cm³/mol. The van der Waals surface area contributed by atoms with Crippen molar-refractivity contribution >= 4 is 23.2 Å². The lowest BCUT2D eigenvalue weighted by atomic mass is 10.0. The third-order valence-corrected chi connectivity index (χ3v) is 7.19. The van der Waals surface area contributed by atoms with Gasteiger partial charge in [-0.15, -0.1) is 11.3 Å². The number of carbonyl (C=O) groups is 2. The van der Waals surface area contributed by atoms with Crippen molar-refractivity contribution < 1.29 is 18.7 Å². The Morgan fingerprint density at radius 1 is 1.09 bits per heavy atom. The molecule has 7 heteroatoms. The van der Waals surface area contributed by atoms with Gasteiger partial charge in [0.25, 0.3) is 5.91 Å². The highest BCUT2D eigenvalue weighted by Crippen LogP contribution is 2.35. The van der Waals surface area contributed by atoms with Crippen molar-refractivity contribution in [2.45, 2.75) is 31.3 Å². The second-order valence-corrected chi connectivity index (χ2v) is 9.45. The molecule has 1 aromatic heterocycles.